The number of nitrogens with one attached hydrogen (secondary N) is 1. The van der Waals surface area contributed by atoms with Crippen molar-refractivity contribution in [3.63, 3.8) is 0 Å². The summed E-state index contributed by atoms with van der Waals surface area (Å²) < 4.78 is 5.62. The Hall–Kier alpha value is -1.39. The molecule has 0 aliphatic rings. The fraction of sp³-hybridized carbons (Fsp3) is 0.588. The zero-order chi connectivity index (χ0) is 15.7. The third kappa shape index (κ3) is 7.83. The van der Waals surface area contributed by atoms with Crippen LogP contribution in [-0.2, 0) is 9.53 Å². The van der Waals surface area contributed by atoms with Gasteiger partial charge in [-0.25, -0.2) is 0 Å². The number of hydrogen-bond acceptors (Lipinski definition) is 3. The lowest BCUT2D eigenvalue weighted by Crippen LogP contribution is -2.32. The minimum absolute atomic E-state index is 0.0156. The molecule has 0 spiro atoms. The van der Waals surface area contributed by atoms with Gasteiger partial charge in [-0.05, 0) is 24.8 Å². The van der Waals surface area contributed by atoms with Gasteiger partial charge in [-0.2, -0.15) is 0 Å². The average molecular weight is 292 g/mol. The SMILES string of the molecule is CC(C)CC(C)OCCC(=O)NCC(N)c1ccccc1. The smallest absolute Gasteiger partial charge is 0.222 e. The first-order valence-corrected chi connectivity index (χ1v) is 7.68. The van der Waals surface area contributed by atoms with Gasteiger partial charge in [0.15, 0.2) is 0 Å². The normalized spacial score (nSPS) is 14.0. The van der Waals surface area contributed by atoms with Gasteiger partial charge in [-0.3, -0.25) is 4.79 Å². The molecule has 0 saturated heterocycles. The van der Waals surface area contributed by atoms with Gasteiger partial charge in [-0.1, -0.05) is 44.2 Å². The lowest BCUT2D eigenvalue weighted by atomic mass is 10.1. The molecular weight excluding hydrogens is 264 g/mol. The summed E-state index contributed by atoms with van der Waals surface area (Å²) in [5.41, 5.74) is 7.06. The van der Waals surface area contributed by atoms with E-state index in [0.717, 1.165) is 12.0 Å². The van der Waals surface area contributed by atoms with Crippen molar-refractivity contribution < 1.29 is 9.53 Å². The van der Waals surface area contributed by atoms with E-state index < -0.39 is 0 Å². The van der Waals surface area contributed by atoms with Crippen LogP contribution in [0.1, 0.15) is 45.2 Å². The Morgan fingerprint density at radius 1 is 1.24 bits per heavy atom. The highest BCUT2D eigenvalue weighted by atomic mass is 16.5. The molecule has 2 atom stereocenters. The van der Waals surface area contributed by atoms with Crippen molar-refractivity contribution in [2.24, 2.45) is 11.7 Å². The van der Waals surface area contributed by atoms with E-state index >= 15 is 0 Å². The first-order valence-electron chi connectivity index (χ1n) is 7.68. The minimum atomic E-state index is -0.170. The van der Waals surface area contributed by atoms with Crippen LogP contribution < -0.4 is 11.1 Å². The van der Waals surface area contributed by atoms with Crippen molar-refractivity contribution in [1.82, 2.24) is 5.32 Å². The molecule has 0 radical (unpaired) electrons. The van der Waals surface area contributed by atoms with Crippen molar-refractivity contribution in [3.05, 3.63) is 35.9 Å². The second kappa shape index (κ2) is 9.53. The quantitative estimate of drug-likeness (QED) is 0.735. The molecule has 4 heteroatoms. The van der Waals surface area contributed by atoms with Crippen LogP contribution in [0.3, 0.4) is 0 Å². The van der Waals surface area contributed by atoms with E-state index in [1.54, 1.807) is 0 Å². The van der Waals surface area contributed by atoms with E-state index in [9.17, 15) is 4.79 Å². The van der Waals surface area contributed by atoms with Gasteiger partial charge in [0, 0.05) is 19.0 Å². The van der Waals surface area contributed by atoms with Crippen LogP contribution in [0.4, 0.5) is 0 Å². The number of rotatable bonds is 9. The number of benzene rings is 1. The molecule has 1 aromatic carbocycles. The Labute approximate surface area is 128 Å². The highest BCUT2D eigenvalue weighted by Crippen LogP contribution is 2.09. The number of hydrogen-bond donors (Lipinski definition) is 2. The van der Waals surface area contributed by atoms with E-state index in [2.05, 4.69) is 19.2 Å². The molecule has 0 aliphatic heterocycles. The molecule has 0 fully saturated rings. The maximum Gasteiger partial charge on any atom is 0.222 e. The first-order chi connectivity index (χ1) is 9.99. The van der Waals surface area contributed by atoms with Crippen LogP contribution in [0.2, 0.25) is 0 Å². The van der Waals surface area contributed by atoms with Gasteiger partial charge in [0.25, 0.3) is 0 Å². The summed E-state index contributed by atoms with van der Waals surface area (Å²) in [7, 11) is 0. The lowest BCUT2D eigenvalue weighted by Gasteiger charge is -2.16. The van der Waals surface area contributed by atoms with Gasteiger partial charge >= 0.3 is 0 Å². The molecular formula is C17H28N2O2. The molecule has 0 aliphatic carbocycles. The standard InChI is InChI=1S/C17H28N2O2/c1-13(2)11-14(3)21-10-9-17(20)19-12-16(18)15-7-5-4-6-8-15/h4-8,13-14,16H,9-12,18H2,1-3H3,(H,19,20). The summed E-state index contributed by atoms with van der Waals surface area (Å²) in [6.07, 6.45) is 1.59. The second-order valence-electron chi connectivity index (χ2n) is 5.88. The molecule has 1 amide bonds. The van der Waals surface area contributed by atoms with Gasteiger partial charge < -0.3 is 15.8 Å². The number of carbonyl (C=O) groups is 1. The van der Waals surface area contributed by atoms with Crippen LogP contribution in [0.5, 0.6) is 0 Å². The molecule has 0 saturated carbocycles. The number of amides is 1. The fourth-order valence-electron chi connectivity index (χ4n) is 2.21. The molecule has 0 aromatic heterocycles. The van der Waals surface area contributed by atoms with Crippen LogP contribution >= 0.6 is 0 Å². The summed E-state index contributed by atoms with van der Waals surface area (Å²) in [5.74, 6) is 0.593. The maximum atomic E-state index is 11.7. The molecule has 118 valence electrons. The van der Waals surface area contributed by atoms with Crippen molar-refractivity contribution in [1.29, 1.82) is 0 Å². The van der Waals surface area contributed by atoms with E-state index in [4.69, 9.17) is 10.5 Å². The van der Waals surface area contributed by atoms with Gasteiger partial charge in [0.1, 0.15) is 0 Å². The third-order valence-electron chi connectivity index (χ3n) is 3.28. The topological polar surface area (TPSA) is 64.3 Å². The zero-order valence-corrected chi connectivity index (χ0v) is 13.3. The predicted molar refractivity (Wildman–Crippen MR) is 85.9 cm³/mol. The van der Waals surface area contributed by atoms with E-state index in [1.807, 2.05) is 37.3 Å². The molecule has 21 heavy (non-hydrogen) atoms. The monoisotopic (exact) mass is 292 g/mol. The van der Waals surface area contributed by atoms with E-state index in [-0.39, 0.29) is 18.1 Å². The minimum Gasteiger partial charge on any atom is -0.378 e. The Bertz CT molecular complexity index is 407. The molecule has 1 aromatic rings. The van der Waals surface area contributed by atoms with Gasteiger partial charge in [0.2, 0.25) is 5.91 Å². The average Bonchev–Trinajstić information content (AvgIpc) is 2.45. The van der Waals surface area contributed by atoms with Crippen molar-refractivity contribution in [2.75, 3.05) is 13.2 Å². The molecule has 3 N–H and O–H groups in total. The number of ether oxygens (including phenoxy) is 1. The number of carbonyl (C=O) groups excluding carboxylic acids is 1. The Kier molecular flexibility index (Phi) is 8.01. The highest BCUT2D eigenvalue weighted by molar-refractivity contribution is 5.76. The first kappa shape index (κ1) is 17.7. The second-order valence-corrected chi connectivity index (χ2v) is 5.88. The van der Waals surface area contributed by atoms with Crippen LogP contribution in [0.25, 0.3) is 0 Å². The molecule has 2 unspecified atom stereocenters. The zero-order valence-electron chi connectivity index (χ0n) is 13.3. The fourth-order valence-corrected chi connectivity index (χ4v) is 2.21. The van der Waals surface area contributed by atoms with Crippen molar-refractivity contribution >= 4 is 5.91 Å². The Morgan fingerprint density at radius 3 is 2.52 bits per heavy atom. The molecule has 0 heterocycles. The number of nitrogens with two attached hydrogens (primary N) is 1. The summed E-state index contributed by atoms with van der Waals surface area (Å²) in [6, 6.07) is 9.60. The predicted octanol–water partition coefficient (Wildman–Crippen LogP) is 2.64. The maximum absolute atomic E-state index is 11.7. The van der Waals surface area contributed by atoms with Crippen LogP contribution in [0, 0.1) is 5.92 Å². The van der Waals surface area contributed by atoms with Crippen molar-refractivity contribution in [2.45, 2.75) is 45.8 Å². The van der Waals surface area contributed by atoms with Gasteiger partial charge in [-0.15, -0.1) is 0 Å². The van der Waals surface area contributed by atoms with Crippen LogP contribution in [-0.4, -0.2) is 25.2 Å². The largest absolute Gasteiger partial charge is 0.378 e. The summed E-state index contributed by atoms with van der Waals surface area (Å²) in [4.78, 5) is 11.7. The third-order valence-corrected chi connectivity index (χ3v) is 3.28. The van der Waals surface area contributed by atoms with Crippen LogP contribution in [0.15, 0.2) is 30.3 Å². The molecule has 0 bridgehead atoms. The highest BCUT2D eigenvalue weighted by Gasteiger charge is 2.09. The molecule has 1 rings (SSSR count). The molecule has 4 nitrogen and oxygen atoms in total. The Balaban J connectivity index is 2.17. The van der Waals surface area contributed by atoms with E-state index in [0.29, 0.717) is 25.5 Å². The lowest BCUT2D eigenvalue weighted by molar-refractivity contribution is -0.122. The summed E-state index contributed by atoms with van der Waals surface area (Å²) in [5, 5.41) is 2.85. The van der Waals surface area contributed by atoms with E-state index in [1.165, 1.54) is 0 Å². The Morgan fingerprint density at radius 2 is 1.90 bits per heavy atom. The summed E-state index contributed by atoms with van der Waals surface area (Å²) in [6.45, 7) is 7.28. The summed E-state index contributed by atoms with van der Waals surface area (Å²) >= 11 is 0. The van der Waals surface area contributed by atoms with Gasteiger partial charge in [0.05, 0.1) is 12.7 Å². The van der Waals surface area contributed by atoms with Crippen molar-refractivity contribution in [3.8, 4) is 0 Å².